The van der Waals surface area contributed by atoms with Gasteiger partial charge in [0.2, 0.25) is 0 Å². The van der Waals surface area contributed by atoms with Gasteiger partial charge >= 0.3 is 0 Å². The lowest BCUT2D eigenvalue weighted by Crippen LogP contribution is -2.02. The Hall–Kier alpha value is -0.0400. The Balaban J connectivity index is 1.97. The summed E-state index contributed by atoms with van der Waals surface area (Å²) in [7, 11) is 0. The molecule has 1 fully saturated rings. The Morgan fingerprint density at radius 1 is 1.50 bits per heavy atom. The van der Waals surface area contributed by atoms with Crippen LogP contribution in [0.25, 0.3) is 0 Å². The molecule has 0 aliphatic heterocycles. The maximum absolute atomic E-state index is 9.39. The van der Waals surface area contributed by atoms with Gasteiger partial charge in [0.05, 0.1) is 5.60 Å². The van der Waals surface area contributed by atoms with Crippen molar-refractivity contribution in [2.24, 2.45) is 5.92 Å². The van der Waals surface area contributed by atoms with Gasteiger partial charge in [0.1, 0.15) is 0 Å². The summed E-state index contributed by atoms with van der Waals surface area (Å²) >= 11 is 0. The number of aliphatic hydroxyl groups is 1. The van der Waals surface area contributed by atoms with Crippen LogP contribution in [0.2, 0.25) is 0 Å². The summed E-state index contributed by atoms with van der Waals surface area (Å²) in [6.07, 6.45) is 6.19. The molecule has 0 radical (unpaired) electrons. The molecule has 2 atom stereocenters. The molecule has 1 saturated carbocycles. The first-order chi connectivity index (χ1) is 4.67. The van der Waals surface area contributed by atoms with Crippen LogP contribution >= 0.6 is 0 Å². The summed E-state index contributed by atoms with van der Waals surface area (Å²) in [5.41, 5.74) is -0.284. The molecular formula is C9H18O. The lowest BCUT2D eigenvalue weighted by atomic mass is 10.1. The Kier molecular flexibility index (Phi) is 2.35. The molecule has 1 nitrogen and oxygen atoms in total. The molecule has 1 aliphatic rings. The minimum atomic E-state index is -0.284. The molecule has 1 aliphatic carbocycles. The fourth-order valence-corrected chi connectivity index (χ4v) is 1.49. The highest BCUT2D eigenvalue weighted by Crippen LogP contribution is 2.45. The highest BCUT2D eigenvalue weighted by atomic mass is 16.3. The van der Waals surface area contributed by atoms with Gasteiger partial charge in [0, 0.05) is 0 Å². The summed E-state index contributed by atoms with van der Waals surface area (Å²) in [5, 5.41) is 9.39. The maximum atomic E-state index is 9.39. The van der Waals surface area contributed by atoms with Crippen molar-refractivity contribution in [1.29, 1.82) is 0 Å². The van der Waals surface area contributed by atoms with Crippen molar-refractivity contribution in [3.05, 3.63) is 0 Å². The second kappa shape index (κ2) is 2.91. The minimum Gasteiger partial charge on any atom is -0.390 e. The Labute approximate surface area is 63.4 Å². The van der Waals surface area contributed by atoms with E-state index in [0.717, 1.165) is 6.42 Å². The van der Waals surface area contributed by atoms with Crippen LogP contribution in [0.3, 0.4) is 0 Å². The van der Waals surface area contributed by atoms with Gasteiger partial charge in [-0.25, -0.2) is 0 Å². The van der Waals surface area contributed by atoms with Gasteiger partial charge in [-0.3, -0.25) is 0 Å². The van der Waals surface area contributed by atoms with Gasteiger partial charge in [-0.1, -0.05) is 26.2 Å². The minimum absolute atomic E-state index is 0.284. The van der Waals surface area contributed by atoms with Crippen molar-refractivity contribution < 1.29 is 5.11 Å². The van der Waals surface area contributed by atoms with Crippen molar-refractivity contribution in [3.8, 4) is 0 Å². The predicted octanol–water partition coefficient (Wildman–Crippen LogP) is 2.34. The summed E-state index contributed by atoms with van der Waals surface area (Å²) in [6.45, 7) is 4.16. The number of unbranched alkanes of at least 4 members (excludes halogenated alkanes) is 2. The molecule has 0 aromatic carbocycles. The number of hydrogen-bond donors (Lipinski definition) is 1. The summed E-state index contributed by atoms with van der Waals surface area (Å²) < 4.78 is 0. The summed E-state index contributed by atoms with van der Waals surface area (Å²) in [6, 6.07) is 0. The van der Waals surface area contributed by atoms with Crippen LogP contribution in [0.15, 0.2) is 0 Å². The third-order valence-corrected chi connectivity index (χ3v) is 2.54. The Morgan fingerprint density at radius 3 is 2.50 bits per heavy atom. The molecule has 0 bridgehead atoms. The monoisotopic (exact) mass is 142 g/mol. The van der Waals surface area contributed by atoms with E-state index < -0.39 is 0 Å². The van der Waals surface area contributed by atoms with Crippen molar-refractivity contribution >= 4 is 0 Å². The molecule has 0 aromatic rings. The average Bonchev–Trinajstić information content (AvgIpc) is 2.41. The molecule has 0 amide bonds. The summed E-state index contributed by atoms with van der Waals surface area (Å²) in [5.74, 6) is 0.624. The zero-order valence-electron chi connectivity index (χ0n) is 7.06. The van der Waals surface area contributed by atoms with E-state index >= 15 is 0 Å². The molecular weight excluding hydrogens is 124 g/mol. The number of rotatable bonds is 4. The van der Waals surface area contributed by atoms with E-state index in [1.807, 2.05) is 6.92 Å². The van der Waals surface area contributed by atoms with Gasteiger partial charge < -0.3 is 5.11 Å². The molecule has 0 unspecified atom stereocenters. The molecule has 60 valence electrons. The predicted molar refractivity (Wildman–Crippen MR) is 42.9 cm³/mol. The summed E-state index contributed by atoms with van der Waals surface area (Å²) in [4.78, 5) is 0. The van der Waals surface area contributed by atoms with E-state index in [-0.39, 0.29) is 5.60 Å². The number of hydrogen-bond acceptors (Lipinski definition) is 1. The van der Waals surface area contributed by atoms with Gasteiger partial charge in [-0.15, -0.1) is 0 Å². The highest BCUT2D eigenvalue weighted by Gasteiger charge is 2.47. The van der Waals surface area contributed by atoms with E-state index in [1.165, 1.54) is 25.7 Å². The first kappa shape index (κ1) is 8.06. The molecule has 0 aromatic heterocycles. The fourth-order valence-electron chi connectivity index (χ4n) is 1.49. The molecule has 0 spiro atoms. The zero-order chi connectivity index (χ0) is 7.61. The molecule has 1 N–H and O–H groups in total. The molecule has 1 rings (SSSR count). The van der Waals surface area contributed by atoms with Crippen LogP contribution < -0.4 is 0 Å². The lowest BCUT2D eigenvalue weighted by molar-refractivity contribution is 0.149. The van der Waals surface area contributed by atoms with Crippen LogP contribution in [0.1, 0.15) is 46.0 Å². The van der Waals surface area contributed by atoms with Crippen molar-refractivity contribution in [2.45, 2.75) is 51.6 Å². The second-order valence-electron chi connectivity index (χ2n) is 3.75. The van der Waals surface area contributed by atoms with Crippen molar-refractivity contribution in [2.75, 3.05) is 0 Å². The molecule has 0 heterocycles. The zero-order valence-corrected chi connectivity index (χ0v) is 7.06. The topological polar surface area (TPSA) is 20.2 Å². The van der Waals surface area contributed by atoms with Gasteiger partial charge in [0.15, 0.2) is 0 Å². The largest absolute Gasteiger partial charge is 0.390 e. The highest BCUT2D eigenvalue weighted by molar-refractivity contribution is 4.98. The van der Waals surface area contributed by atoms with Gasteiger partial charge in [0.25, 0.3) is 0 Å². The SMILES string of the molecule is CCCCC[C@@H]1C[C@]1(C)O. The molecule has 0 saturated heterocycles. The van der Waals surface area contributed by atoms with Crippen LogP contribution in [0, 0.1) is 5.92 Å². The molecule has 10 heavy (non-hydrogen) atoms. The van der Waals surface area contributed by atoms with E-state index in [9.17, 15) is 5.11 Å². The Morgan fingerprint density at radius 2 is 2.10 bits per heavy atom. The van der Waals surface area contributed by atoms with Crippen LogP contribution in [0.4, 0.5) is 0 Å². The van der Waals surface area contributed by atoms with Crippen LogP contribution in [-0.4, -0.2) is 10.7 Å². The van der Waals surface area contributed by atoms with E-state index in [1.54, 1.807) is 0 Å². The van der Waals surface area contributed by atoms with Gasteiger partial charge in [-0.2, -0.15) is 0 Å². The standard InChI is InChI=1S/C9H18O/c1-3-4-5-6-8-7-9(8,2)10/h8,10H,3-7H2,1-2H3/t8-,9+/m1/s1. The molecule has 1 heteroatoms. The third-order valence-electron chi connectivity index (χ3n) is 2.54. The van der Waals surface area contributed by atoms with Crippen LogP contribution in [0.5, 0.6) is 0 Å². The van der Waals surface area contributed by atoms with Crippen molar-refractivity contribution in [3.63, 3.8) is 0 Å². The Bertz CT molecular complexity index is 107. The smallest absolute Gasteiger partial charge is 0.0652 e. The first-order valence-electron chi connectivity index (χ1n) is 4.39. The van der Waals surface area contributed by atoms with Crippen LogP contribution in [-0.2, 0) is 0 Å². The quantitative estimate of drug-likeness (QED) is 0.597. The van der Waals surface area contributed by atoms with E-state index in [0.29, 0.717) is 5.92 Å². The second-order valence-corrected chi connectivity index (χ2v) is 3.75. The maximum Gasteiger partial charge on any atom is 0.0652 e. The fraction of sp³-hybridized carbons (Fsp3) is 1.00. The average molecular weight is 142 g/mol. The third kappa shape index (κ3) is 1.98. The van der Waals surface area contributed by atoms with Gasteiger partial charge in [-0.05, 0) is 25.7 Å². The lowest BCUT2D eigenvalue weighted by Gasteiger charge is -2.00. The van der Waals surface area contributed by atoms with Crippen molar-refractivity contribution in [1.82, 2.24) is 0 Å². The van der Waals surface area contributed by atoms with E-state index in [4.69, 9.17) is 0 Å². The van der Waals surface area contributed by atoms with E-state index in [2.05, 4.69) is 6.92 Å². The normalized spacial score (nSPS) is 38.1. The first-order valence-corrected chi connectivity index (χ1v) is 4.39.